The molecule has 11 rings (SSSR count). The molecule has 11 aromatic rings. The summed E-state index contributed by atoms with van der Waals surface area (Å²) in [6.45, 7) is 8.67. The van der Waals surface area contributed by atoms with E-state index in [9.17, 15) is 5.26 Å². The lowest BCUT2D eigenvalue weighted by Crippen LogP contribution is -2.11. The average molecular weight is 774 g/mol. The fourth-order valence-electron chi connectivity index (χ4n) is 8.94. The number of para-hydroxylation sites is 2. The molecule has 2 aromatic heterocycles. The SMILES string of the molecule is Cc1cccc(N(c2ccccc2)c2ccc3cc4c(cc3c2)oc2c(C#N)c3oc5cc6cc(N(c7ccccc7)c7cccc(C)c7C)ccc6cc5c3cc24)c1C. The summed E-state index contributed by atoms with van der Waals surface area (Å²) in [4.78, 5) is 4.62. The molecule has 286 valence electrons. The van der Waals surface area contributed by atoms with Gasteiger partial charge in [-0.1, -0.05) is 72.8 Å². The van der Waals surface area contributed by atoms with Crippen molar-refractivity contribution in [3.63, 3.8) is 0 Å². The zero-order valence-corrected chi connectivity index (χ0v) is 33.7. The van der Waals surface area contributed by atoms with Gasteiger partial charge in [-0.3, -0.25) is 0 Å². The molecule has 0 aliphatic heterocycles. The van der Waals surface area contributed by atoms with Crippen molar-refractivity contribution in [3.05, 3.63) is 192 Å². The molecule has 0 saturated heterocycles. The molecule has 0 amide bonds. The Hall–Kier alpha value is -7.81. The number of hydrogen-bond donors (Lipinski definition) is 0. The molecule has 0 aliphatic carbocycles. The maximum Gasteiger partial charge on any atom is 0.157 e. The Morgan fingerprint density at radius 1 is 0.400 bits per heavy atom. The van der Waals surface area contributed by atoms with Crippen LogP contribution in [0.3, 0.4) is 0 Å². The Balaban J connectivity index is 1.05. The van der Waals surface area contributed by atoms with Gasteiger partial charge in [0.25, 0.3) is 0 Å². The smallest absolute Gasteiger partial charge is 0.157 e. The molecule has 0 fully saturated rings. The highest BCUT2D eigenvalue weighted by molar-refractivity contribution is 6.20. The monoisotopic (exact) mass is 773 g/mol. The van der Waals surface area contributed by atoms with Gasteiger partial charge in [0.05, 0.1) is 0 Å². The first-order valence-corrected chi connectivity index (χ1v) is 20.3. The summed E-state index contributed by atoms with van der Waals surface area (Å²) in [5.41, 5.74) is 14.4. The fraction of sp³-hybridized carbons (Fsp3) is 0.0727. The van der Waals surface area contributed by atoms with Crippen LogP contribution in [0.1, 0.15) is 27.8 Å². The minimum Gasteiger partial charge on any atom is -0.454 e. The lowest BCUT2D eigenvalue weighted by Gasteiger charge is -2.28. The van der Waals surface area contributed by atoms with Crippen molar-refractivity contribution in [1.29, 1.82) is 5.26 Å². The maximum absolute atomic E-state index is 10.7. The van der Waals surface area contributed by atoms with Crippen LogP contribution in [0.5, 0.6) is 0 Å². The van der Waals surface area contributed by atoms with Crippen molar-refractivity contribution in [2.75, 3.05) is 9.80 Å². The number of hydrogen-bond acceptors (Lipinski definition) is 5. The third-order valence-electron chi connectivity index (χ3n) is 12.4. The van der Waals surface area contributed by atoms with Crippen LogP contribution in [0.15, 0.2) is 173 Å². The number of nitrogens with zero attached hydrogens (tertiary/aromatic N) is 3. The van der Waals surface area contributed by atoms with Gasteiger partial charge in [0.15, 0.2) is 11.2 Å². The lowest BCUT2D eigenvalue weighted by atomic mass is 10.00. The molecule has 2 heterocycles. The van der Waals surface area contributed by atoms with E-state index in [1.54, 1.807) is 0 Å². The molecule has 0 N–H and O–H groups in total. The van der Waals surface area contributed by atoms with E-state index in [4.69, 9.17) is 8.83 Å². The average Bonchev–Trinajstić information content (AvgIpc) is 3.81. The molecule has 0 atom stereocenters. The molecule has 0 aliphatic rings. The number of nitriles is 1. The highest BCUT2D eigenvalue weighted by Crippen LogP contribution is 2.45. The van der Waals surface area contributed by atoms with Crippen molar-refractivity contribution in [3.8, 4) is 6.07 Å². The molecular weight excluding hydrogens is 735 g/mol. The first-order valence-electron chi connectivity index (χ1n) is 20.3. The van der Waals surface area contributed by atoms with E-state index < -0.39 is 0 Å². The first kappa shape index (κ1) is 35.4. The van der Waals surface area contributed by atoms with Gasteiger partial charge < -0.3 is 18.6 Å². The number of rotatable bonds is 6. The minimum absolute atomic E-state index is 0.403. The van der Waals surface area contributed by atoms with E-state index in [2.05, 4.69) is 195 Å². The lowest BCUT2D eigenvalue weighted by molar-refractivity contribution is 0.654. The summed E-state index contributed by atoms with van der Waals surface area (Å²) >= 11 is 0. The van der Waals surface area contributed by atoms with E-state index in [1.807, 2.05) is 12.1 Å². The summed E-state index contributed by atoms with van der Waals surface area (Å²) in [5.74, 6) is 0. The van der Waals surface area contributed by atoms with Crippen molar-refractivity contribution in [2.24, 2.45) is 0 Å². The Bertz CT molecular complexity index is 3330. The van der Waals surface area contributed by atoms with Crippen molar-refractivity contribution in [1.82, 2.24) is 0 Å². The quantitative estimate of drug-likeness (QED) is 0.168. The third-order valence-corrected chi connectivity index (χ3v) is 12.4. The summed E-state index contributed by atoms with van der Waals surface area (Å²) in [7, 11) is 0. The van der Waals surface area contributed by atoms with Crippen LogP contribution in [-0.2, 0) is 0 Å². The van der Waals surface area contributed by atoms with Gasteiger partial charge >= 0.3 is 0 Å². The van der Waals surface area contributed by atoms with Crippen LogP contribution in [0.25, 0.3) is 65.4 Å². The summed E-state index contributed by atoms with van der Waals surface area (Å²) in [6.07, 6.45) is 0. The van der Waals surface area contributed by atoms with Gasteiger partial charge in [-0.05, 0) is 162 Å². The second-order valence-corrected chi connectivity index (χ2v) is 15.9. The minimum atomic E-state index is 0.403. The Morgan fingerprint density at radius 2 is 0.850 bits per heavy atom. The molecule has 0 bridgehead atoms. The van der Waals surface area contributed by atoms with E-state index in [0.717, 1.165) is 88.4 Å². The molecule has 5 heteroatoms. The highest BCUT2D eigenvalue weighted by Gasteiger charge is 2.22. The van der Waals surface area contributed by atoms with Crippen LogP contribution in [-0.4, -0.2) is 0 Å². The Morgan fingerprint density at radius 3 is 1.28 bits per heavy atom. The normalized spacial score (nSPS) is 11.7. The van der Waals surface area contributed by atoms with E-state index in [1.165, 1.54) is 22.3 Å². The van der Waals surface area contributed by atoms with Crippen LogP contribution in [0.2, 0.25) is 0 Å². The largest absolute Gasteiger partial charge is 0.454 e. The first-order chi connectivity index (χ1) is 29.3. The van der Waals surface area contributed by atoms with Crippen molar-refractivity contribution >= 4 is 99.5 Å². The molecule has 9 aromatic carbocycles. The molecule has 0 spiro atoms. The third kappa shape index (κ3) is 5.53. The molecule has 0 saturated carbocycles. The zero-order chi connectivity index (χ0) is 40.6. The molecule has 60 heavy (non-hydrogen) atoms. The second kappa shape index (κ2) is 13.7. The topological polar surface area (TPSA) is 56.6 Å². The summed E-state index contributed by atoms with van der Waals surface area (Å²) in [6, 6.07) is 60.2. The Kier molecular flexibility index (Phi) is 8.05. The molecular formula is C55H39N3O2. The van der Waals surface area contributed by atoms with Gasteiger partial charge in [-0.2, -0.15) is 5.26 Å². The van der Waals surface area contributed by atoms with Gasteiger partial charge in [0, 0.05) is 55.7 Å². The summed E-state index contributed by atoms with van der Waals surface area (Å²) in [5, 5.41) is 18.7. The predicted molar refractivity (Wildman–Crippen MR) is 249 cm³/mol. The fourth-order valence-corrected chi connectivity index (χ4v) is 8.94. The van der Waals surface area contributed by atoms with E-state index in [0.29, 0.717) is 16.7 Å². The number of aryl methyl sites for hydroxylation is 2. The number of furan rings is 2. The van der Waals surface area contributed by atoms with Crippen LogP contribution < -0.4 is 9.80 Å². The number of benzene rings is 9. The van der Waals surface area contributed by atoms with Crippen LogP contribution in [0.4, 0.5) is 34.1 Å². The summed E-state index contributed by atoms with van der Waals surface area (Å²) < 4.78 is 13.2. The van der Waals surface area contributed by atoms with Gasteiger partial charge in [-0.15, -0.1) is 0 Å². The molecule has 5 nitrogen and oxygen atoms in total. The predicted octanol–water partition coefficient (Wildman–Crippen LogP) is 15.8. The highest BCUT2D eigenvalue weighted by atomic mass is 16.3. The Labute approximate surface area is 347 Å². The van der Waals surface area contributed by atoms with Gasteiger partial charge in [0.1, 0.15) is 22.8 Å². The standard InChI is InChI=1S/C55H39N3O2/c1-33-13-11-19-50(35(33)3)57(41-15-7-5-8-16-41)43-23-21-37-27-45-47-31-48-46-28-38-22-24-44(58(42-17-9-6-10-18-42)51-20-12-14-34(2)36(51)4)26-40(38)30-53(46)60-55(48)49(32-56)54(47)59-52(45)29-39(37)25-43/h5-31H,1-4H3. The van der Waals surface area contributed by atoms with E-state index >= 15 is 0 Å². The van der Waals surface area contributed by atoms with Gasteiger partial charge in [0.2, 0.25) is 0 Å². The van der Waals surface area contributed by atoms with E-state index in [-0.39, 0.29) is 0 Å². The number of fused-ring (bicyclic) bond motifs is 8. The molecule has 0 radical (unpaired) electrons. The zero-order valence-electron chi connectivity index (χ0n) is 33.7. The number of anilines is 6. The van der Waals surface area contributed by atoms with Crippen molar-refractivity contribution in [2.45, 2.75) is 27.7 Å². The second-order valence-electron chi connectivity index (χ2n) is 15.9. The van der Waals surface area contributed by atoms with Crippen LogP contribution >= 0.6 is 0 Å². The molecule has 0 unspecified atom stereocenters. The van der Waals surface area contributed by atoms with Crippen LogP contribution in [0, 0.1) is 39.0 Å². The maximum atomic E-state index is 10.7. The van der Waals surface area contributed by atoms with Gasteiger partial charge in [-0.25, -0.2) is 0 Å². The van der Waals surface area contributed by atoms with Crippen molar-refractivity contribution < 1.29 is 8.83 Å².